The summed E-state index contributed by atoms with van der Waals surface area (Å²) in [5, 5.41) is 13.1. The molecule has 7 heteroatoms. The molecule has 3 aliphatic carbocycles. The molecule has 0 bridgehead atoms. The minimum Gasteiger partial charge on any atom is -0.357 e. The molecule has 0 radical (unpaired) electrons. The highest BCUT2D eigenvalue weighted by Gasteiger charge is 2.32. The van der Waals surface area contributed by atoms with Gasteiger partial charge in [-0.3, -0.25) is 4.79 Å². The lowest BCUT2D eigenvalue weighted by molar-refractivity contribution is -0.135. The zero-order chi connectivity index (χ0) is 19.9. The summed E-state index contributed by atoms with van der Waals surface area (Å²) < 4.78 is 0.920. The summed E-state index contributed by atoms with van der Waals surface area (Å²) in [7, 11) is 0. The van der Waals surface area contributed by atoms with Gasteiger partial charge in [-0.1, -0.05) is 80.9 Å². The first-order chi connectivity index (χ1) is 14.3. The van der Waals surface area contributed by atoms with Gasteiger partial charge in [0, 0.05) is 18.1 Å². The minimum absolute atomic E-state index is 0.325. The lowest BCUT2D eigenvalue weighted by atomic mass is 9.88. The molecule has 4 rings (SSSR count). The molecular weight excluding hydrogens is 400 g/mol. The van der Waals surface area contributed by atoms with Crippen molar-refractivity contribution in [3.63, 3.8) is 0 Å². The second kappa shape index (κ2) is 11.0. The second-order valence-corrected chi connectivity index (χ2v) is 11.2. The summed E-state index contributed by atoms with van der Waals surface area (Å²) in [6.07, 6.45) is 19.0. The highest BCUT2D eigenvalue weighted by atomic mass is 32.2. The van der Waals surface area contributed by atoms with Crippen molar-refractivity contribution in [1.29, 1.82) is 0 Å². The van der Waals surface area contributed by atoms with Crippen molar-refractivity contribution in [1.82, 2.24) is 15.1 Å². The van der Waals surface area contributed by atoms with Crippen molar-refractivity contribution in [3.05, 3.63) is 0 Å². The quantitative estimate of drug-likeness (QED) is 0.542. The molecule has 3 aliphatic rings. The highest BCUT2D eigenvalue weighted by molar-refractivity contribution is 8.01. The SMILES string of the molecule is O=C(CSc1nnc(NC2CCCCC2)s1)N(C1CCCCC1)C1CCCCC1. The zero-order valence-corrected chi connectivity index (χ0v) is 19.2. The molecule has 1 aromatic rings. The van der Waals surface area contributed by atoms with E-state index in [-0.39, 0.29) is 0 Å². The number of nitrogens with one attached hydrogen (secondary N) is 1. The fraction of sp³-hybridized carbons (Fsp3) is 0.864. The van der Waals surface area contributed by atoms with Crippen LogP contribution < -0.4 is 5.32 Å². The van der Waals surface area contributed by atoms with Crippen molar-refractivity contribution in [2.75, 3.05) is 11.1 Å². The second-order valence-electron chi connectivity index (χ2n) is 9.03. The molecule has 1 N–H and O–H groups in total. The van der Waals surface area contributed by atoms with Gasteiger partial charge in [-0.25, -0.2) is 0 Å². The number of carbonyl (C=O) groups excluding carboxylic acids is 1. The smallest absolute Gasteiger partial charge is 0.233 e. The summed E-state index contributed by atoms with van der Waals surface area (Å²) in [5.41, 5.74) is 0. The number of thioether (sulfide) groups is 1. The van der Waals surface area contributed by atoms with E-state index in [2.05, 4.69) is 20.4 Å². The van der Waals surface area contributed by atoms with E-state index in [1.807, 2.05) is 0 Å². The van der Waals surface area contributed by atoms with Crippen molar-refractivity contribution in [2.24, 2.45) is 0 Å². The average Bonchev–Trinajstić information content (AvgIpc) is 3.22. The standard InChI is InChI=1S/C22H36N4OS2/c27-20(26(18-12-6-2-7-13-18)19-14-8-3-9-15-19)16-28-22-25-24-21(29-22)23-17-10-4-1-5-11-17/h17-19H,1-16H2,(H,23,24). The van der Waals surface area contributed by atoms with Gasteiger partial charge >= 0.3 is 0 Å². The normalized spacial score (nSPS) is 22.5. The van der Waals surface area contributed by atoms with Gasteiger partial charge in [0.25, 0.3) is 0 Å². The van der Waals surface area contributed by atoms with Crippen LogP contribution in [0.4, 0.5) is 5.13 Å². The Labute approximate surface area is 183 Å². The lowest BCUT2D eigenvalue weighted by Gasteiger charge is -2.41. The Morgan fingerprint density at radius 1 is 0.862 bits per heavy atom. The van der Waals surface area contributed by atoms with Gasteiger partial charge in [0.1, 0.15) is 0 Å². The van der Waals surface area contributed by atoms with Crippen LogP contribution in [0.25, 0.3) is 0 Å². The Hall–Kier alpha value is -0.820. The molecule has 5 nitrogen and oxygen atoms in total. The minimum atomic E-state index is 0.325. The van der Waals surface area contributed by atoms with Gasteiger partial charge in [0.05, 0.1) is 5.75 Å². The molecule has 1 amide bonds. The van der Waals surface area contributed by atoms with Crippen molar-refractivity contribution >= 4 is 34.1 Å². The number of anilines is 1. The average molecular weight is 437 g/mol. The number of aromatic nitrogens is 2. The van der Waals surface area contributed by atoms with Crippen molar-refractivity contribution < 1.29 is 4.79 Å². The summed E-state index contributed by atoms with van der Waals surface area (Å²) in [4.78, 5) is 15.6. The van der Waals surface area contributed by atoms with Crippen LogP contribution in [0.15, 0.2) is 4.34 Å². The largest absolute Gasteiger partial charge is 0.357 e. The number of carbonyl (C=O) groups is 1. The fourth-order valence-electron chi connectivity index (χ4n) is 5.37. The van der Waals surface area contributed by atoms with Crippen LogP contribution in [0.1, 0.15) is 96.3 Å². The van der Waals surface area contributed by atoms with E-state index in [0.717, 1.165) is 9.47 Å². The van der Waals surface area contributed by atoms with Crippen LogP contribution in [0.5, 0.6) is 0 Å². The first-order valence-corrected chi connectivity index (χ1v) is 13.6. The van der Waals surface area contributed by atoms with E-state index in [9.17, 15) is 4.79 Å². The van der Waals surface area contributed by atoms with E-state index < -0.39 is 0 Å². The van der Waals surface area contributed by atoms with Crippen LogP contribution in [0.2, 0.25) is 0 Å². The van der Waals surface area contributed by atoms with E-state index in [1.54, 1.807) is 23.1 Å². The van der Waals surface area contributed by atoms with Crippen LogP contribution in [-0.2, 0) is 4.79 Å². The maximum atomic E-state index is 13.3. The maximum absolute atomic E-state index is 13.3. The lowest BCUT2D eigenvalue weighted by Crippen LogP contribution is -2.49. The predicted octanol–water partition coefficient (Wildman–Crippen LogP) is 5.87. The summed E-state index contributed by atoms with van der Waals surface area (Å²) in [6, 6.07) is 1.49. The Morgan fingerprint density at radius 2 is 1.41 bits per heavy atom. The first kappa shape index (κ1) is 21.4. The van der Waals surface area contributed by atoms with Crippen molar-refractivity contribution in [3.8, 4) is 0 Å². The molecule has 1 aromatic heterocycles. The Kier molecular flexibility index (Phi) is 8.11. The number of hydrogen-bond donors (Lipinski definition) is 1. The topological polar surface area (TPSA) is 58.1 Å². The van der Waals surface area contributed by atoms with Crippen LogP contribution >= 0.6 is 23.1 Å². The number of rotatable bonds is 7. The molecule has 162 valence electrons. The van der Waals surface area contributed by atoms with Gasteiger partial charge in [-0.05, 0) is 38.5 Å². The maximum Gasteiger partial charge on any atom is 0.233 e. The zero-order valence-electron chi connectivity index (χ0n) is 17.6. The highest BCUT2D eigenvalue weighted by Crippen LogP contribution is 2.33. The van der Waals surface area contributed by atoms with Gasteiger partial charge in [-0.2, -0.15) is 0 Å². The molecule has 1 heterocycles. The molecule has 0 atom stereocenters. The Balaban J connectivity index is 1.32. The molecule has 0 spiro atoms. The molecule has 29 heavy (non-hydrogen) atoms. The van der Waals surface area contributed by atoms with E-state index >= 15 is 0 Å². The number of hydrogen-bond acceptors (Lipinski definition) is 6. The van der Waals surface area contributed by atoms with Crippen molar-refractivity contribution in [2.45, 2.75) is 119 Å². The van der Waals surface area contributed by atoms with Gasteiger partial charge < -0.3 is 10.2 Å². The molecule has 0 saturated heterocycles. The van der Waals surface area contributed by atoms with E-state index in [4.69, 9.17) is 0 Å². The fourth-order valence-corrected chi connectivity index (χ4v) is 7.07. The summed E-state index contributed by atoms with van der Waals surface area (Å²) >= 11 is 3.19. The third-order valence-corrected chi connectivity index (χ3v) is 8.86. The molecule has 0 aromatic carbocycles. The van der Waals surface area contributed by atoms with E-state index in [1.165, 1.54) is 96.3 Å². The van der Waals surface area contributed by atoms with Crippen LogP contribution in [-0.4, -0.2) is 44.9 Å². The summed E-state index contributed by atoms with van der Waals surface area (Å²) in [6.45, 7) is 0. The molecule has 3 fully saturated rings. The van der Waals surface area contributed by atoms with Gasteiger partial charge in [0.15, 0.2) is 4.34 Å². The third kappa shape index (κ3) is 6.09. The monoisotopic (exact) mass is 436 g/mol. The Bertz CT molecular complexity index is 617. The van der Waals surface area contributed by atoms with E-state index in [0.29, 0.717) is 29.8 Å². The molecule has 0 aliphatic heterocycles. The first-order valence-electron chi connectivity index (χ1n) is 11.8. The van der Waals surface area contributed by atoms with Crippen LogP contribution in [0, 0.1) is 0 Å². The number of nitrogens with zero attached hydrogens (tertiary/aromatic N) is 3. The molecule has 3 saturated carbocycles. The predicted molar refractivity (Wildman–Crippen MR) is 122 cm³/mol. The third-order valence-electron chi connectivity index (χ3n) is 6.88. The summed E-state index contributed by atoms with van der Waals surface area (Å²) in [5.74, 6) is 0.830. The Morgan fingerprint density at radius 3 is 2.00 bits per heavy atom. The number of amides is 1. The van der Waals surface area contributed by atoms with Gasteiger partial charge in [0.2, 0.25) is 11.0 Å². The van der Waals surface area contributed by atoms with Crippen LogP contribution in [0.3, 0.4) is 0 Å². The molecule has 0 unspecified atom stereocenters. The van der Waals surface area contributed by atoms with Gasteiger partial charge in [-0.15, -0.1) is 10.2 Å². The molecular formula is C22H36N4OS2.